The summed E-state index contributed by atoms with van der Waals surface area (Å²) in [4.78, 5) is 14.3. The first kappa shape index (κ1) is 14.9. The minimum Gasteiger partial charge on any atom is -0.291 e. The molecule has 6 nitrogen and oxygen atoms in total. The molecule has 1 aromatic heterocycles. The Morgan fingerprint density at radius 2 is 1.52 bits per heavy atom. The van der Waals surface area contributed by atoms with Gasteiger partial charge in [0.15, 0.2) is 0 Å². The first-order chi connectivity index (χ1) is 11.1. The fraction of sp³-hybridized carbons (Fsp3) is 0.176. The van der Waals surface area contributed by atoms with E-state index in [9.17, 15) is 4.79 Å². The fourth-order valence-corrected chi connectivity index (χ4v) is 2.53. The van der Waals surface area contributed by atoms with E-state index in [-0.39, 0.29) is 11.9 Å². The van der Waals surface area contributed by atoms with Crippen molar-refractivity contribution in [3.63, 3.8) is 0 Å². The van der Waals surface area contributed by atoms with Gasteiger partial charge in [-0.2, -0.15) is 4.80 Å². The molecule has 1 amide bonds. The molecule has 1 heterocycles. The normalized spacial score (nSPS) is 11.2. The Kier molecular flexibility index (Phi) is 3.89. The number of rotatable bonds is 4. The average Bonchev–Trinajstić information content (AvgIpc) is 3.00. The standard InChI is InChI=1S/C17H17N5O/c1-17(13-9-5-3-6-10-13,14-11-7-4-8-12-14)15(23)18-16-19-21-22(2)20-16/h3-12H,1-2H3,(H,18,20,23). The summed E-state index contributed by atoms with van der Waals surface area (Å²) in [5, 5.41) is 14.3. The van der Waals surface area contributed by atoms with Crippen LogP contribution >= 0.6 is 0 Å². The van der Waals surface area contributed by atoms with Crippen molar-refractivity contribution in [3.05, 3.63) is 71.8 Å². The molecule has 3 rings (SSSR count). The molecule has 0 bridgehead atoms. The van der Waals surface area contributed by atoms with Crippen molar-refractivity contribution < 1.29 is 4.79 Å². The van der Waals surface area contributed by atoms with Crippen LogP contribution in [-0.4, -0.2) is 26.1 Å². The third kappa shape index (κ3) is 2.83. The molecule has 116 valence electrons. The number of carbonyl (C=O) groups excluding carboxylic acids is 1. The largest absolute Gasteiger partial charge is 0.291 e. The number of nitrogens with one attached hydrogen (secondary N) is 1. The Morgan fingerprint density at radius 3 is 1.96 bits per heavy atom. The molecular weight excluding hydrogens is 290 g/mol. The molecule has 0 spiro atoms. The minimum absolute atomic E-state index is 0.190. The molecule has 0 fully saturated rings. The van der Waals surface area contributed by atoms with Gasteiger partial charge in [0.05, 0.1) is 12.5 Å². The molecular formula is C17H17N5O. The lowest BCUT2D eigenvalue weighted by molar-refractivity contribution is -0.119. The van der Waals surface area contributed by atoms with Gasteiger partial charge >= 0.3 is 0 Å². The molecule has 0 radical (unpaired) electrons. The van der Waals surface area contributed by atoms with Crippen LogP contribution in [0, 0.1) is 0 Å². The maximum atomic E-state index is 13.0. The fourth-order valence-electron chi connectivity index (χ4n) is 2.53. The SMILES string of the molecule is Cn1nnc(NC(=O)C(C)(c2ccccc2)c2ccccc2)n1. The predicted octanol–water partition coefficient (Wildman–Crippen LogP) is 2.15. The molecule has 0 aliphatic heterocycles. The third-order valence-electron chi connectivity index (χ3n) is 3.89. The van der Waals surface area contributed by atoms with Gasteiger partial charge in [-0.1, -0.05) is 65.8 Å². The van der Waals surface area contributed by atoms with Gasteiger partial charge < -0.3 is 0 Å². The van der Waals surface area contributed by atoms with Crippen molar-refractivity contribution >= 4 is 11.9 Å². The average molecular weight is 307 g/mol. The van der Waals surface area contributed by atoms with Crippen molar-refractivity contribution in [1.82, 2.24) is 20.2 Å². The number of tetrazole rings is 1. The molecule has 0 aliphatic rings. The van der Waals surface area contributed by atoms with Gasteiger partial charge in [-0.3, -0.25) is 10.1 Å². The van der Waals surface area contributed by atoms with Crippen molar-refractivity contribution in [3.8, 4) is 0 Å². The Bertz CT molecular complexity index is 759. The van der Waals surface area contributed by atoms with E-state index in [0.717, 1.165) is 11.1 Å². The number of hydrogen-bond donors (Lipinski definition) is 1. The summed E-state index contributed by atoms with van der Waals surface area (Å²) in [6, 6.07) is 19.3. The van der Waals surface area contributed by atoms with E-state index in [2.05, 4.69) is 20.7 Å². The molecule has 1 N–H and O–H groups in total. The number of benzene rings is 2. The van der Waals surface area contributed by atoms with Crippen molar-refractivity contribution in [2.45, 2.75) is 12.3 Å². The summed E-state index contributed by atoms with van der Waals surface area (Å²) in [7, 11) is 1.65. The molecule has 0 aliphatic carbocycles. The topological polar surface area (TPSA) is 72.7 Å². The van der Waals surface area contributed by atoms with Gasteiger partial charge in [0, 0.05) is 0 Å². The smallest absolute Gasteiger partial charge is 0.270 e. The second kappa shape index (κ2) is 6.00. The van der Waals surface area contributed by atoms with E-state index in [1.165, 1.54) is 4.80 Å². The van der Waals surface area contributed by atoms with Gasteiger partial charge in [-0.05, 0) is 23.3 Å². The highest BCUT2D eigenvalue weighted by Crippen LogP contribution is 2.32. The predicted molar refractivity (Wildman–Crippen MR) is 86.8 cm³/mol. The first-order valence-corrected chi connectivity index (χ1v) is 7.27. The van der Waals surface area contributed by atoms with Crippen LogP contribution in [0.15, 0.2) is 60.7 Å². The zero-order valence-electron chi connectivity index (χ0n) is 13.0. The lowest BCUT2D eigenvalue weighted by Crippen LogP contribution is -2.39. The second-order valence-corrected chi connectivity index (χ2v) is 5.41. The lowest BCUT2D eigenvalue weighted by atomic mass is 9.75. The van der Waals surface area contributed by atoms with Crippen molar-refractivity contribution in [1.29, 1.82) is 0 Å². The van der Waals surface area contributed by atoms with Crippen LogP contribution in [0.4, 0.5) is 5.95 Å². The van der Waals surface area contributed by atoms with Gasteiger partial charge in [-0.15, -0.1) is 5.10 Å². The number of nitrogens with zero attached hydrogens (tertiary/aromatic N) is 4. The Morgan fingerprint density at radius 1 is 1.00 bits per heavy atom. The molecule has 0 atom stereocenters. The maximum Gasteiger partial charge on any atom is 0.270 e. The van der Waals surface area contributed by atoms with Gasteiger partial charge in [-0.25, -0.2) is 0 Å². The number of aromatic nitrogens is 4. The Balaban J connectivity index is 2.03. The zero-order chi connectivity index (χ0) is 16.3. The number of amides is 1. The summed E-state index contributed by atoms with van der Waals surface area (Å²) in [5.74, 6) is -0.0153. The van der Waals surface area contributed by atoms with Crippen LogP contribution in [0.25, 0.3) is 0 Å². The summed E-state index contributed by atoms with van der Waals surface area (Å²) in [6.07, 6.45) is 0. The van der Waals surface area contributed by atoms with E-state index in [1.807, 2.05) is 67.6 Å². The van der Waals surface area contributed by atoms with E-state index in [0.29, 0.717) is 0 Å². The zero-order valence-corrected chi connectivity index (χ0v) is 13.0. The molecule has 0 saturated carbocycles. The first-order valence-electron chi connectivity index (χ1n) is 7.27. The highest BCUT2D eigenvalue weighted by Gasteiger charge is 2.37. The minimum atomic E-state index is -0.859. The summed E-state index contributed by atoms with van der Waals surface area (Å²) < 4.78 is 0. The Hall–Kier alpha value is -3.02. The summed E-state index contributed by atoms with van der Waals surface area (Å²) >= 11 is 0. The van der Waals surface area contributed by atoms with Crippen LogP contribution in [0.2, 0.25) is 0 Å². The summed E-state index contributed by atoms with van der Waals surface area (Å²) in [6.45, 7) is 1.89. The maximum absolute atomic E-state index is 13.0. The second-order valence-electron chi connectivity index (χ2n) is 5.41. The van der Waals surface area contributed by atoms with E-state index < -0.39 is 5.41 Å². The summed E-state index contributed by atoms with van der Waals surface area (Å²) in [5.41, 5.74) is 0.932. The highest BCUT2D eigenvalue weighted by molar-refractivity contribution is 6.00. The third-order valence-corrected chi connectivity index (χ3v) is 3.89. The lowest BCUT2D eigenvalue weighted by Gasteiger charge is -2.29. The molecule has 0 saturated heterocycles. The van der Waals surface area contributed by atoms with Crippen LogP contribution in [0.3, 0.4) is 0 Å². The molecule has 6 heteroatoms. The molecule has 0 unspecified atom stereocenters. The molecule has 23 heavy (non-hydrogen) atoms. The van der Waals surface area contributed by atoms with Crippen LogP contribution in [0.5, 0.6) is 0 Å². The van der Waals surface area contributed by atoms with Gasteiger partial charge in [0.25, 0.3) is 5.95 Å². The van der Waals surface area contributed by atoms with Crippen LogP contribution in [0.1, 0.15) is 18.1 Å². The highest BCUT2D eigenvalue weighted by atomic mass is 16.2. The van der Waals surface area contributed by atoms with Crippen molar-refractivity contribution in [2.75, 3.05) is 5.32 Å². The van der Waals surface area contributed by atoms with Crippen LogP contribution < -0.4 is 5.32 Å². The van der Waals surface area contributed by atoms with Gasteiger partial charge in [0.2, 0.25) is 5.91 Å². The number of anilines is 1. The number of carbonyl (C=O) groups is 1. The Labute approximate surface area is 134 Å². The number of aryl methyl sites for hydroxylation is 1. The van der Waals surface area contributed by atoms with E-state index >= 15 is 0 Å². The van der Waals surface area contributed by atoms with E-state index in [4.69, 9.17) is 0 Å². The van der Waals surface area contributed by atoms with Gasteiger partial charge in [0.1, 0.15) is 0 Å². The van der Waals surface area contributed by atoms with Crippen LogP contribution in [-0.2, 0) is 17.3 Å². The molecule has 2 aromatic carbocycles. The monoisotopic (exact) mass is 307 g/mol. The quantitative estimate of drug-likeness (QED) is 0.801. The van der Waals surface area contributed by atoms with Crippen molar-refractivity contribution in [2.24, 2.45) is 7.05 Å². The van der Waals surface area contributed by atoms with E-state index in [1.54, 1.807) is 7.05 Å². The molecule has 3 aromatic rings. The number of hydrogen-bond acceptors (Lipinski definition) is 4.